The molecule has 0 aliphatic heterocycles. The van der Waals surface area contributed by atoms with Crippen LogP contribution in [-0.4, -0.2) is 16.1 Å². The molecule has 0 bridgehead atoms. The quantitative estimate of drug-likeness (QED) is 0.429. The van der Waals surface area contributed by atoms with Crippen LogP contribution in [0.25, 0.3) is 0 Å². The standard InChI is InChI=1S/C9H16Cl4/c10-7-4-2-1-3-5-9(12,13)6-8-11/h1-8H2. The van der Waals surface area contributed by atoms with Crippen molar-refractivity contribution >= 4 is 46.4 Å². The molecule has 0 aliphatic carbocycles. The minimum atomic E-state index is -0.622. The topological polar surface area (TPSA) is 0 Å². The third-order valence-electron chi connectivity index (χ3n) is 1.89. The third-order valence-corrected chi connectivity index (χ3v) is 3.10. The van der Waals surface area contributed by atoms with Gasteiger partial charge >= 0.3 is 0 Å². The average Bonchev–Trinajstić information content (AvgIpc) is 2.04. The van der Waals surface area contributed by atoms with Crippen molar-refractivity contribution in [1.82, 2.24) is 0 Å². The molecule has 0 saturated heterocycles. The second-order valence-electron chi connectivity index (χ2n) is 3.15. The Morgan fingerprint density at radius 1 is 0.692 bits per heavy atom. The molecule has 0 aliphatic rings. The van der Waals surface area contributed by atoms with Crippen molar-refractivity contribution in [2.45, 2.75) is 42.9 Å². The summed E-state index contributed by atoms with van der Waals surface area (Å²) >= 11 is 23.1. The lowest BCUT2D eigenvalue weighted by atomic mass is 10.1. The van der Waals surface area contributed by atoms with E-state index < -0.39 is 4.33 Å². The van der Waals surface area contributed by atoms with Crippen molar-refractivity contribution in [2.75, 3.05) is 11.8 Å². The first-order chi connectivity index (χ1) is 6.12. The lowest BCUT2D eigenvalue weighted by Crippen LogP contribution is -2.12. The number of hydrogen-bond donors (Lipinski definition) is 0. The number of alkyl halides is 4. The Balaban J connectivity index is 3.29. The minimum absolute atomic E-state index is 0.523. The normalized spacial score (nSPS) is 12.0. The number of unbranched alkanes of at least 4 members (excludes halogenated alkanes) is 3. The molecule has 13 heavy (non-hydrogen) atoms. The van der Waals surface area contributed by atoms with Crippen LogP contribution in [0.15, 0.2) is 0 Å². The molecule has 0 radical (unpaired) electrons. The fraction of sp³-hybridized carbons (Fsp3) is 1.00. The van der Waals surface area contributed by atoms with E-state index in [9.17, 15) is 0 Å². The van der Waals surface area contributed by atoms with Crippen LogP contribution in [0, 0.1) is 0 Å². The highest BCUT2D eigenvalue weighted by molar-refractivity contribution is 6.48. The summed E-state index contributed by atoms with van der Waals surface area (Å²) in [6.45, 7) is 0. The van der Waals surface area contributed by atoms with Gasteiger partial charge in [-0.1, -0.05) is 19.3 Å². The Morgan fingerprint density at radius 2 is 1.31 bits per heavy atom. The van der Waals surface area contributed by atoms with Gasteiger partial charge in [-0.05, 0) is 19.3 Å². The molecule has 0 heterocycles. The van der Waals surface area contributed by atoms with Crippen molar-refractivity contribution in [1.29, 1.82) is 0 Å². The van der Waals surface area contributed by atoms with E-state index in [0.29, 0.717) is 12.3 Å². The van der Waals surface area contributed by atoms with E-state index in [1.165, 1.54) is 0 Å². The summed E-state index contributed by atoms with van der Waals surface area (Å²) in [6.07, 6.45) is 5.93. The molecule has 0 aromatic carbocycles. The Morgan fingerprint density at radius 3 is 1.85 bits per heavy atom. The second kappa shape index (κ2) is 8.47. The Labute approximate surface area is 101 Å². The van der Waals surface area contributed by atoms with Gasteiger partial charge in [-0.2, -0.15) is 0 Å². The SMILES string of the molecule is ClCCCCCCC(Cl)(Cl)CCCl. The summed E-state index contributed by atoms with van der Waals surface area (Å²) in [5, 5.41) is 0. The molecule has 0 fully saturated rings. The van der Waals surface area contributed by atoms with Gasteiger partial charge in [0.05, 0.1) is 0 Å². The Hall–Kier alpha value is 1.16. The summed E-state index contributed by atoms with van der Waals surface area (Å²) in [4.78, 5) is 0. The zero-order valence-corrected chi connectivity index (χ0v) is 10.7. The van der Waals surface area contributed by atoms with Crippen LogP contribution in [0.3, 0.4) is 0 Å². The highest BCUT2D eigenvalue weighted by Crippen LogP contribution is 2.31. The molecule has 0 aromatic rings. The summed E-state index contributed by atoms with van der Waals surface area (Å²) in [5.74, 6) is 1.27. The molecule has 4 heteroatoms. The molecule has 0 N–H and O–H groups in total. The van der Waals surface area contributed by atoms with E-state index in [1.54, 1.807) is 0 Å². The highest BCUT2D eigenvalue weighted by Gasteiger charge is 2.21. The van der Waals surface area contributed by atoms with Gasteiger partial charge in [0.15, 0.2) is 0 Å². The molecule has 0 saturated carbocycles. The van der Waals surface area contributed by atoms with Crippen LogP contribution in [0.1, 0.15) is 38.5 Å². The van der Waals surface area contributed by atoms with E-state index in [4.69, 9.17) is 46.4 Å². The van der Waals surface area contributed by atoms with Crippen LogP contribution < -0.4 is 0 Å². The van der Waals surface area contributed by atoms with Crippen molar-refractivity contribution in [2.24, 2.45) is 0 Å². The zero-order chi connectivity index (χ0) is 10.2. The van der Waals surface area contributed by atoms with Gasteiger partial charge in [0, 0.05) is 11.8 Å². The Bertz CT molecular complexity index is 114. The maximum atomic E-state index is 6.00. The highest BCUT2D eigenvalue weighted by atomic mass is 35.5. The molecule has 0 rings (SSSR count). The second-order valence-corrected chi connectivity index (χ2v) is 5.54. The predicted molar refractivity (Wildman–Crippen MR) is 63.6 cm³/mol. The molecule has 0 unspecified atom stereocenters. The smallest absolute Gasteiger partial charge is 0.119 e. The number of halogens is 4. The van der Waals surface area contributed by atoms with E-state index in [2.05, 4.69) is 0 Å². The molecule has 80 valence electrons. The predicted octanol–water partition coefficient (Wildman–Crippen LogP) is 4.98. The summed E-state index contributed by atoms with van der Waals surface area (Å²) < 4.78 is -0.622. The fourth-order valence-corrected chi connectivity index (χ4v) is 2.26. The molecule has 0 atom stereocenters. The van der Waals surface area contributed by atoms with Crippen LogP contribution in [0.2, 0.25) is 0 Å². The van der Waals surface area contributed by atoms with E-state index in [-0.39, 0.29) is 0 Å². The zero-order valence-electron chi connectivity index (χ0n) is 7.67. The van der Waals surface area contributed by atoms with Gasteiger partial charge in [-0.25, -0.2) is 0 Å². The van der Waals surface area contributed by atoms with Gasteiger partial charge in [0.2, 0.25) is 0 Å². The molecular weight excluding hydrogens is 250 g/mol. The Kier molecular flexibility index (Phi) is 9.22. The van der Waals surface area contributed by atoms with E-state index in [1.807, 2.05) is 0 Å². The summed E-state index contributed by atoms with van der Waals surface area (Å²) in [5.41, 5.74) is 0. The first kappa shape index (κ1) is 14.2. The van der Waals surface area contributed by atoms with Crippen LogP contribution in [0.4, 0.5) is 0 Å². The van der Waals surface area contributed by atoms with E-state index >= 15 is 0 Å². The molecule has 0 nitrogen and oxygen atoms in total. The minimum Gasteiger partial charge on any atom is -0.127 e. The first-order valence-corrected chi connectivity index (χ1v) is 6.44. The van der Waals surface area contributed by atoms with Crippen molar-refractivity contribution < 1.29 is 0 Å². The van der Waals surface area contributed by atoms with E-state index in [0.717, 1.165) is 38.0 Å². The molecule has 0 spiro atoms. The van der Waals surface area contributed by atoms with Crippen molar-refractivity contribution in [3.63, 3.8) is 0 Å². The van der Waals surface area contributed by atoms with Gasteiger partial charge in [0.25, 0.3) is 0 Å². The fourth-order valence-electron chi connectivity index (χ4n) is 1.09. The van der Waals surface area contributed by atoms with Crippen LogP contribution in [-0.2, 0) is 0 Å². The van der Waals surface area contributed by atoms with Gasteiger partial charge in [0.1, 0.15) is 4.33 Å². The number of hydrogen-bond acceptors (Lipinski definition) is 0. The van der Waals surface area contributed by atoms with Crippen LogP contribution >= 0.6 is 46.4 Å². The monoisotopic (exact) mass is 264 g/mol. The molecular formula is C9H16Cl4. The first-order valence-electron chi connectivity index (χ1n) is 4.62. The summed E-state index contributed by atoms with van der Waals surface area (Å²) in [6, 6.07) is 0. The molecule has 0 amide bonds. The average molecular weight is 266 g/mol. The lowest BCUT2D eigenvalue weighted by Gasteiger charge is -2.17. The maximum absolute atomic E-state index is 6.00. The lowest BCUT2D eigenvalue weighted by molar-refractivity contribution is 0.581. The maximum Gasteiger partial charge on any atom is 0.119 e. The van der Waals surface area contributed by atoms with Gasteiger partial charge in [-0.3, -0.25) is 0 Å². The molecule has 0 aromatic heterocycles. The largest absolute Gasteiger partial charge is 0.127 e. The number of rotatable bonds is 8. The van der Waals surface area contributed by atoms with Gasteiger partial charge < -0.3 is 0 Å². The van der Waals surface area contributed by atoms with Crippen molar-refractivity contribution in [3.05, 3.63) is 0 Å². The summed E-state index contributed by atoms with van der Waals surface area (Å²) in [7, 11) is 0. The van der Waals surface area contributed by atoms with Crippen LogP contribution in [0.5, 0.6) is 0 Å². The van der Waals surface area contributed by atoms with Crippen molar-refractivity contribution in [3.8, 4) is 0 Å². The van der Waals surface area contributed by atoms with Gasteiger partial charge in [-0.15, -0.1) is 46.4 Å². The third kappa shape index (κ3) is 9.46.